The van der Waals surface area contributed by atoms with Gasteiger partial charge in [-0.25, -0.2) is 4.98 Å². The van der Waals surface area contributed by atoms with Gasteiger partial charge >= 0.3 is 0 Å². The Morgan fingerprint density at radius 2 is 2.00 bits per heavy atom. The summed E-state index contributed by atoms with van der Waals surface area (Å²) in [7, 11) is 1.56. The molecule has 7 nitrogen and oxygen atoms in total. The first-order chi connectivity index (χ1) is 14.4. The molecule has 0 atom stereocenters. The van der Waals surface area contributed by atoms with E-state index in [1.54, 1.807) is 31.4 Å². The third-order valence-corrected chi connectivity index (χ3v) is 5.78. The number of hydrogen-bond donors (Lipinski definition) is 1. The van der Waals surface area contributed by atoms with E-state index < -0.39 is 5.56 Å². The molecule has 0 aliphatic rings. The van der Waals surface area contributed by atoms with E-state index in [0.717, 1.165) is 29.7 Å². The number of ether oxygens (including phenoxy) is 1. The van der Waals surface area contributed by atoms with Crippen LogP contribution in [0.5, 0.6) is 5.75 Å². The van der Waals surface area contributed by atoms with Gasteiger partial charge in [0.25, 0.3) is 5.56 Å². The number of benzene rings is 1. The maximum atomic E-state index is 12.7. The minimum absolute atomic E-state index is 0.0363. The van der Waals surface area contributed by atoms with Gasteiger partial charge in [-0.2, -0.15) is 5.26 Å². The van der Waals surface area contributed by atoms with Crippen molar-refractivity contribution in [1.29, 1.82) is 5.26 Å². The van der Waals surface area contributed by atoms with Crippen molar-refractivity contribution in [2.45, 2.75) is 32.5 Å². The van der Waals surface area contributed by atoms with E-state index in [9.17, 15) is 14.9 Å². The number of nitrogens with zero attached hydrogens (tertiary/aromatic N) is 3. The average Bonchev–Trinajstić information content (AvgIpc) is 3.04. The van der Waals surface area contributed by atoms with Crippen molar-refractivity contribution in [3.05, 3.63) is 63.2 Å². The summed E-state index contributed by atoms with van der Waals surface area (Å²) < 4.78 is 7.23. The van der Waals surface area contributed by atoms with Crippen LogP contribution in [0.25, 0.3) is 11.3 Å². The smallest absolute Gasteiger partial charge is 0.270 e. The molecule has 30 heavy (non-hydrogen) atoms. The van der Waals surface area contributed by atoms with Gasteiger partial charge < -0.3 is 14.3 Å². The summed E-state index contributed by atoms with van der Waals surface area (Å²) in [5.74, 6) is 0.753. The van der Waals surface area contributed by atoms with Crippen LogP contribution in [-0.4, -0.2) is 33.2 Å². The predicted octanol–water partition coefficient (Wildman–Crippen LogP) is 3.73. The van der Waals surface area contributed by atoms with Crippen LogP contribution < -0.4 is 10.3 Å². The summed E-state index contributed by atoms with van der Waals surface area (Å²) in [6.07, 6.45) is 0. The second kappa shape index (κ2) is 9.01. The molecule has 3 rings (SSSR count). The number of methoxy groups -OCH3 is 1. The van der Waals surface area contributed by atoms with Crippen LogP contribution in [0.2, 0.25) is 0 Å². The molecule has 0 spiro atoms. The molecule has 3 aromatic rings. The van der Waals surface area contributed by atoms with Crippen molar-refractivity contribution in [2.24, 2.45) is 0 Å². The Bertz CT molecular complexity index is 1190. The molecule has 2 heterocycles. The van der Waals surface area contributed by atoms with Crippen LogP contribution in [-0.2, 0) is 6.54 Å². The fourth-order valence-corrected chi connectivity index (χ4v) is 4.11. The number of H-pyrrole nitrogens is 1. The number of ketones is 1. The number of thioether (sulfide) groups is 1. The number of carbonyl (C=O) groups excluding carboxylic acids is 1. The summed E-state index contributed by atoms with van der Waals surface area (Å²) in [4.78, 5) is 32.2. The molecule has 1 aromatic carbocycles. The highest BCUT2D eigenvalue weighted by atomic mass is 32.2. The third kappa shape index (κ3) is 4.16. The van der Waals surface area contributed by atoms with Crippen molar-refractivity contribution >= 4 is 17.5 Å². The standard InChI is InChI=1S/C22H22N4O3S/c1-5-26-13(2)10-17(14(26)3)19(27)12-30-22-24-20(18(11-23)21(28)25-22)15-6-8-16(29-4)9-7-15/h6-10H,5,12H2,1-4H3,(H,24,25,28). The fraction of sp³-hybridized carbons (Fsp3) is 0.273. The van der Waals surface area contributed by atoms with Crippen molar-refractivity contribution in [3.63, 3.8) is 0 Å². The topological polar surface area (TPSA) is 101 Å². The molecule has 0 saturated carbocycles. The van der Waals surface area contributed by atoms with E-state index in [1.165, 1.54) is 0 Å². The number of rotatable bonds is 7. The molecule has 0 unspecified atom stereocenters. The Morgan fingerprint density at radius 3 is 2.57 bits per heavy atom. The van der Waals surface area contributed by atoms with Crippen molar-refractivity contribution < 1.29 is 9.53 Å². The zero-order valence-corrected chi connectivity index (χ0v) is 18.1. The summed E-state index contributed by atoms with van der Waals surface area (Å²) in [6, 6.07) is 10.7. The molecule has 0 bridgehead atoms. The first-order valence-corrected chi connectivity index (χ1v) is 10.4. The lowest BCUT2D eigenvalue weighted by atomic mass is 10.1. The Balaban J connectivity index is 1.88. The normalized spacial score (nSPS) is 10.6. The number of hydrogen-bond acceptors (Lipinski definition) is 6. The van der Waals surface area contributed by atoms with Gasteiger partial charge in [0.1, 0.15) is 17.4 Å². The molecule has 2 aromatic heterocycles. The second-order valence-corrected chi connectivity index (χ2v) is 7.64. The van der Waals surface area contributed by atoms with E-state index >= 15 is 0 Å². The van der Waals surface area contributed by atoms with Gasteiger partial charge in [0.15, 0.2) is 10.9 Å². The summed E-state index contributed by atoms with van der Waals surface area (Å²) in [5.41, 5.74) is 2.95. The number of Topliss-reactive ketones (excluding diaryl/α,β-unsaturated/α-hetero) is 1. The lowest BCUT2D eigenvalue weighted by Crippen LogP contribution is -2.15. The van der Waals surface area contributed by atoms with Crippen LogP contribution in [0, 0.1) is 25.2 Å². The molecule has 154 valence electrons. The maximum Gasteiger partial charge on any atom is 0.270 e. The van der Waals surface area contributed by atoms with E-state index in [0.29, 0.717) is 22.0 Å². The van der Waals surface area contributed by atoms with E-state index in [2.05, 4.69) is 14.5 Å². The van der Waals surface area contributed by atoms with E-state index in [1.807, 2.05) is 32.9 Å². The van der Waals surface area contributed by atoms with Crippen LogP contribution >= 0.6 is 11.8 Å². The monoisotopic (exact) mass is 422 g/mol. The first kappa shape index (κ1) is 21.4. The lowest BCUT2D eigenvalue weighted by molar-refractivity contribution is 0.102. The number of nitriles is 1. The summed E-state index contributed by atoms with van der Waals surface area (Å²) >= 11 is 1.15. The molecule has 0 aliphatic heterocycles. The molecule has 0 amide bonds. The predicted molar refractivity (Wildman–Crippen MR) is 116 cm³/mol. The Hall–Kier alpha value is -3.31. The fourth-order valence-electron chi connectivity index (χ4n) is 3.36. The Morgan fingerprint density at radius 1 is 1.30 bits per heavy atom. The van der Waals surface area contributed by atoms with Gasteiger partial charge in [-0.05, 0) is 51.1 Å². The molecular weight excluding hydrogens is 400 g/mol. The minimum atomic E-state index is -0.530. The van der Waals surface area contributed by atoms with Gasteiger partial charge in [0.05, 0.1) is 18.6 Å². The van der Waals surface area contributed by atoms with Crippen LogP contribution in [0.1, 0.15) is 34.2 Å². The molecule has 0 fully saturated rings. The van der Waals surface area contributed by atoms with Crippen LogP contribution in [0.4, 0.5) is 0 Å². The molecular formula is C22H22N4O3S. The maximum absolute atomic E-state index is 12.7. The van der Waals surface area contributed by atoms with Gasteiger partial charge in [-0.15, -0.1) is 0 Å². The SMILES string of the molecule is CCn1c(C)cc(C(=O)CSc2nc(-c3ccc(OC)cc3)c(C#N)c(=O)[nH]2)c1C. The average molecular weight is 423 g/mol. The highest BCUT2D eigenvalue weighted by Crippen LogP contribution is 2.25. The number of carbonyl (C=O) groups is 1. The van der Waals surface area contributed by atoms with E-state index in [4.69, 9.17) is 4.74 Å². The highest BCUT2D eigenvalue weighted by Gasteiger charge is 2.18. The van der Waals surface area contributed by atoms with Crippen LogP contribution in [0.15, 0.2) is 40.3 Å². The largest absolute Gasteiger partial charge is 0.497 e. The van der Waals surface area contributed by atoms with Gasteiger partial charge in [0.2, 0.25) is 0 Å². The molecule has 0 aliphatic carbocycles. The first-order valence-electron chi connectivity index (χ1n) is 9.41. The molecule has 0 radical (unpaired) electrons. The van der Waals surface area contributed by atoms with Gasteiger partial charge in [0, 0.05) is 29.1 Å². The minimum Gasteiger partial charge on any atom is -0.497 e. The number of aromatic amines is 1. The third-order valence-electron chi connectivity index (χ3n) is 4.90. The van der Waals surface area contributed by atoms with Gasteiger partial charge in [-0.1, -0.05) is 11.8 Å². The molecule has 0 saturated heterocycles. The summed E-state index contributed by atoms with van der Waals surface area (Å²) in [5, 5.41) is 9.70. The molecule has 8 heteroatoms. The lowest BCUT2D eigenvalue weighted by Gasteiger charge is -2.08. The Labute approximate surface area is 178 Å². The van der Waals surface area contributed by atoms with Crippen molar-refractivity contribution in [3.8, 4) is 23.1 Å². The highest BCUT2D eigenvalue weighted by molar-refractivity contribution is 7.99. The molecule has 1 N–H and O–H groups in total. The van der Waals surface area contributed by atoms with Gasteiger partial charge in [-0.3, -0.25) is 9.59 Å². The number of aromatic nitrogens is 3. The zero-order chi connectivity index (χ0) is 21.8. The van der Waals surface area contributed by atoms with Crippen LogP contribution in [0.3, 0.4) is 0 Å². The number of aryl methyl sites for hydroxylation is 1. The van der Waals surface area contributed by atoms with E-state index in [-0.39, 0.29) is 22.8 Å². The zero-order valence-electron chi connectivity index (χ0n) is 17.3. The Kier molecular flexibility index (Phi) is 6.43. The summed E-state index contributed by atoms with van der Waals surface area (Å²) in [6.45, 7) is 6.74. The van der Waals surface area contributed by atoms with Crippen molar-refractivity contribution in [1.82, 2.24) is 14.5 Å². The quantitative estimate of drug-likeness (QED) is 0.354. The second-order valence-electron chi connectivity index (χ2n) is 6.68. The van der Waals surface area contributed by atoms with Crippen molar-refractivity contribution in [2.75, 3.05) is 12.9 Å². The number of nitrogens with one attached hydrogen (secondary N) is 1.